The van der Waals surface area contributed by atoms with Crippen molar-refractivity contribution in [1.82, 2.24) is 9.88 Å². The van der Waals surface area contributed by atoms with Crippen molar-refractivity contribution in [3.8, 4) is 5.75 Å². The molecule has 0 amide bonds. The Labute approximate surface area is 131 Å². The normalized spacial score (nSPS) is 12.1. The molecule has 0 radical (unpaired) electrons. The van der Waals surface area contributed by atoms with Crippen LogP contribution in [0.1, 0.15) is 26.3 Å². The molecule has 4 heteroatoms. The van der Waals surface area contributed by atoms with E-state index in [1.807, 2.05) is 18.2 Å². The molecule has 114 valence electrons. The average Bonchev–Trinajstić information content (AvgIpc) is 2.37. The number of methoxy groups -OCH3 is 1. The number of hydrogen-bond donors (Lipinski definition) is 0. The Balaban J connectivity index is 2.26. The van der Waals surface area contributed by atoms with Gasteiger partial charge in [0.1, 0.15) is 10.9 Å². The highest BCUT2D eigenvalue weighted by Crippen LogP contribution is 2.25. The lowest BCUT2D eigenvalue weighted by atomic mass is 9.96. The largest absolute Gasteiger partial charge is 0.497 e. The number of aromatic nitrogens is 1. The number of halogens is 1. The minimum absolute atomic E-state index is 0.263. The molecule has 0 saturated heterocycles. The van der Waals surface area contributed by atoms with Crippen LogP contribution in [0.4, 0.5) is 0 Å². The Morgan fingerprint density at radius 3 is 2.57 bits per heavy atom. The van der Waals surface area contributed by atoms with Crippen LogP contribution in [0.25, 0.3) is 10.9 Å². The summed E-state index contributed by atoms with van der Waals surface area (Å²) >= 11 is 6.34. The maximum absolute atomic E-state index is 6.34. The Hall–Kier alpha value is -1.32. The van der Waals surface area contributed by atoms with Gasteiger partial charge in [0.2, 0.25) is 0 Å². The first-order valence-electron chi connectivity index (χ1n) is 7.10. The highest BCUT2D eigenvalue weighted by molar-refractivity contribution is 6.30. The average molecular weight is 307 g/mol. The number of pyridine rings is 1. The van der Waals surface area contributed by atoms with Gasteiger partial charge in [0.15, 0.2) is 0 Å². The summed E-state index contributed by atoms with van der Waals surface area (Å²) in [6, 6.07) is 7.98. The van der Waals surface area contributed by atoms with Gasteiger partial charge in [-0.3, -0.25) is 0 Å². The molecule has 21 heavy (non-hydrogen) atoms. The SMILES string of the molecule is COc1ccc2cc(CN(C)CC(C)(C)C)c(Cl)nc2c1. The lowest BCUT2D eigenvalue weighted by molar-refractivity contribution is 0.221. The molecule has 2 aromatic rings. The van der Waals surface area contributed by atoms with E-state index in [0.29, 0.717) is 5.15 Å². The smallest absolute Gasteiger partial charge is 0.134 e. The highest BCUT2D eigenvalue weighted by Gasteiger charge is 2.15. The van der Waals surface area contributed by atoms with Crippen LogP contribution < -0.4 is 4.74 Å². The van der Waals surface area contributed by atoms with Crippen LogP contribution >= 0.6 is 11.6 Å². The van der Waals surface area contributed by atoms with Crippen molar-refractivity contribution in [2.75, 3.05) is 20.7 Å². The van der Waals surface area contributed by atoms with Gasteiger partial charge >= 0.3 is 0 Å². The molecule has 0 unspecified atom stereocenters. The second kappa shape index (κ2) is 6.20. The zero-order valence-corrected chi connectivity index (χ0v) is 14.2. The van der Waals surface area contributed by atoms with Crippen molar-refractivity contribution >= 4 is 22.5 Å². The van der Waals surface area contributed by atoms with Crippen LogP contribution in [-0.4, -0.2) is 30.6 Å². The maximum Gasteiger partial charge on any atom is 0.134 e. The molecule has 0 N–H and O–H groups in total. The van der Waals surface area contributed by atoms with Gasteiger partial charge in [0.05, 0.1) is 12.6 Å². The van der Waals surface area contributed by atoms with Crippen LogP contribution in [0.5, 0.6) is 5.75 Å². The van der Waals surface area contributed by atoms with E-state index in [9.17, 15) is 0 Å². The molecule has 0 atom stereocenters. The summed E-state index contributed by atoms with van der Waals surface area (Å²) in [5.74, 6) is 0.795. The molecule has 0 aliphatic carbocycles. The fraction of sp³-hybridized carbons (Fsp3) is 0.471. The minimum Gasteiger partial charge on any atom is -0.497 e. The fourth-order valence-corrected chi connectivity index (χ4v) is 2.77. The van der Waals surface area contributed by atoms with Crippen molar-refractivity contribution in [2.45, 2.75) is 27.3 Å². The Morgan fingerprint density at radius 2 is 1.95 bits per heavy atom. The quantitative estimate of drug-likeness (QED) is 0.784. The van der Waals surface area contributed by atoms with E-state index in [0.717, 1.165) is 35.3 Å². The number of ether oxygens (including phenoxy) is 1. The third-order valence-corrected chi connectivity index (χ3v) is 3.56. The molecule has 0 saturated carbocycles. The van der Waals surface area contributed by atoms with Gasteiger partial charge in [-0.05, 0) is 30.7 Å². The number of benzene rings is 1. The van der Waals surface area contributed by atoms with Gasteiger partial charge in [-0.2, -0.15) is 0 Å². The lowest BCUT2D eigenvalue weighted by Gasteiger charge is -2.26. The molecule has 2 rings (SSSR count). The molecule has 0 aliphatic rings. The minimum atomic E-state index is 0.263. The molecule has 1 aromatic heterocycles. The zero-order chi connectivity index (χ0) is 15.6. The van der Waals surface area contributed by atoms with Crippen molar-refractivity contribution in [2.24, 2.45) is 5.41 Å². The van der Waals surface area contributed by atoms with E-state index < -0.39 is 0 Å². The standard InChI is InChI=1S/C17H23ClN2O/c1-17(2,3)11-20(4)10-13-8-12-6-7-14(21-5)9-15(12)19-16(13)18/h6-9H,10-11H2,1-5H3. The third-order valence-electron chi connectivity index (χ3n) is 3.24. The number of rotatable bonds is 4. The monoisotopic (exact) mass is 306 g/mol. The third kappa shape index (κ3) is 4.32. The molecule has 0 fully saturated rings. The number of fused-ring (bicyclic) bond motifs is 1. The highest BCUT2D eigenvalue weighted by atomic mass is 35.5. The molecular weight excluding hydrogens is 284 g/mol. The second-order valence-corrected chi connectivity index (χ2v) is 7.09. The van der Waals surface area contributed by atoms with Crippen molar-refractivity contribution in [1.29, 1.82) is 0 Å². The molecular formula is C17H23ClN2O. The zero-order valence-electron chi connectivity index (χ0n) is 13.4. The van der Waals surface area contributed by atoms with Crippen molar-refractivity contribution in [3.63, 3.8) is 0 Å². The Morgan fingerprint density at radius 1 is 1.24 bits per heavy atom. The van der Waals surface area contributed by atoms with E-state index in [4.69, 9.17) is 16.3 Å². The van der Waals surface area contributed by atoms with Gasteiger partial charge in [-0.15, -0.1) is 0 Å². The summed E-state index contributed by atoms with van der Waals surface area (Å²) < 4.78 is 5.22. The number of nitrogens with zero attached hydrogens (tertiary/aromatic N) is 2. The first-order chi connectivity index (χ1) is 9.78. The fourth-order valence-electron chi connectivity index (χ4n) is 2.56. The van der Waals surface area contributed by atoms with Gasteiger partial charge < -0.3 is 9.64 Å². The van der Waals surface area contributed by atoms with Gasteiger partial charge in [0.25, 0.3) is 0 Å². The maximum atomic E-state index is 6.34. The predicted molar refractivity (Wildman–Crippen MR) is 89.1 cm³/mol. The van der Waals surface area contributed by atoms with Gasteiger partial charge in [-0.1, -0.05) is 32.4 Å². The molecule has 0 spiro atoms. The number of hydrogen-bond acceptors (Lipinski definition) is 3. The predicted octanol–water partition coefficient (Wildman–Crippen LogP) is 4.37. The topological polar surface area (TPSA) is 25.4 Å². The van der Waals surface area contributed by atoms with Gasteiger partial charge in [0, 0.05) is 30.1 Å². The van der Waals surface area contributed by atoms with Crippen LogP contribution in [0, 0.1) is 5.41 Å². The van der Waals surface area contributed by atoms with E-state index in [1.165, 1.54) is 0 Å². The van der Waals surface area contributed by atoms with Crippen LogP contribution in [-0.2, 0) is 6.54 Å². The second-order valence-electron chi connectivity index (χ2n) is 6.73. The molecule has 1 heterocycles. The summed E-state index contributed by atoms with van der Waals surface area (Å²) in [5.41, 5.74) is 2.18. The van der Waals surface area contributed by atoms with E-state index in [-0.39, 0.29) is 5.41 Å². The first kappa shape index (κ1) is 16.1. The summed E-state index contributed by atoms with van der Waals surface area (Å²) in [5, 5.41) is 1.65. The van der Waals surface area contributed by atoms with E-state index >= 15 is 0 Å². The summed E-state index contributed by atoms with van der Waals surface area (Å²) in [6.45, 7) is 8.50. The molecule has 0 aliphatic heterocycles. The van der Waals surface area contributed by atoms with E-state index in [1.54, 1.807) is 7.11 Å². The van der Waals surface area contributed by atoms with Crippen molar-refractivity contribution in [3.05, 3.63) is 35.0 Å². The van der Waals surface area contributed by atoms with Crippen LogP contribution in [0.15, 0.2) is 24.3 Å². The summed E-state index contributed by atoms with van der Waals surface area (Å²) in [4.78, 5) is 6.77. The van der Waals surface area contributed by atoms with Crippen LogP contribution in [0.2, 0.25) is 5.15 Å². The summed E-state index contributed by atoms with van der Waals surface area (Å²) in [6.07, 6.45) is 0. The van der Waals surface area contributed by atoms with Gasteiger partial charge in [-0.25, -0.2) is 4.98 Å². The lowest BCUT2D eigenvalue weighted by Crippen LogP contribution is -2.29. The molecule has 1 aromatic carbocycles. The van der Waals surface area contributed by atoms with Crippen LogP contribution in [0.3, 0.4) is 0 Å². The Bertz CT molecular complexity index is 634. The molecule has 3 nitrogen and oxygen atoms in total. The summed E-state index contributed by atoms with van der Waals surface area (Å²) in [7, 11) is 3.76. The van der Waals surface area contributed by atoms with E-state index in [2.05, 4.69) is 43.8 Å². The molecule has 0 bridgehead atoms. The Kier molecular flexibility index (Phi) is 4.74. The van der Waals surface area contributed by atoms with Crippen molar-refractivity contribution < 1.29 is 4.74 Å². The first-order valence-corrected chi connectivity index (χ1v) is 7.48.